The van der Waals surface area contributed by atoms with E-state index in [4.69, 9.17) is 4.18 Å². The normalized spacial score (nSPS) is 12.0. The van der Waals surface area contributed by atoms with E-state index in [0.29, 0.717) is 5.56 Å². The van der Waals surface area contributed by atoms with Crippen LogP contribution in [0.15, 0.2) is 24.3 Å². The van der Waals surface area contributed by atoms with Crippen LogP contribution in [0.25, 0.3) is 0 Å². The van der Waals surface area contributed by atoms with E-state index in [1.165, 1.54) is 12.1 Å². The molecule has 0 atom stereocenters. The monoisotopic (exact) mass is 337 g/mol. The van der Waals surface area contributed by atoms with Gasteiger partial charge >= 0.3 is 17.9 Å². The Morgan fingerprint density at radius 3 is 2.33 bits per heavy atom. The highest BCUT2D eigenvalue weighted by atomic mass is 32.2. The van der Waals surface area contributed by atoms with Crippen LogP contribution < -0.4 is 9.27 Å². The molecule has 1 amide bonds. The van der Waals surface area contributed by atoms with Crippen LogP contribution >= 0.6 is 7.75 Å². The summed E-state index contributed by atoms with van der Waals surface area (Å²) < 4.78 is 48.0. The molecule has 8 nitrogen and oxygen atoms in total. The number of benzene rings is 1. The molecule has 0 aliphatic carbocycles. The predicted molar refractivity (Wildman–Crippen MR) is 75.4 cm³/mol. The SMILES string of the molecule is COP(=O)(NC(=O)Cc1ccccc1OS(C)(=O)=O)OC. The zero-order valence-corrected chi connectivity index (χ0v) is 13.4. The molecule has 1 rings (SSSR count). The summed E-state index contributed by atoms with van der Waals surface area (Å²) in [5, 5.41) is 2.10. The third-order valence-electron chi connectivity index (χ3n) is 2.31. The lowest BCUT2D eigenvalue weighted by molar-refractivity contribution is -0.119. The molecular formula is C11H16NO7PS. The Bertz CT molecular complexity index is 650. The highest BCUT2D eigenvalue weighted by Crippen LogP contribution is 2.41. The summed E-state index contributed by atoms with van der Waals surface area (Å²) in [6, 6.07) is 6.11. The van der Waals surface area contributed by atoms with Gasteiger partial charge in [-0.1, -0.05) is 18.2 Å². The maximum Gasteiger partial charge on any atom is 0.434 e. The van der Waals surface area contributed by atoms with Gasteiger partial charge < -0.3 is 4.18 Å². The fraction of sp³-hybridized carbons (Fsp3) is 0.364. The highest BCUT2D eigenvalue weighted by molar-refractivity contribution is 7.86. The van der Waals surface area contributed by atoms with E-state index in [9.17, 15) is 17.8 Å². The zero-order valence-electron chi connectivity index (χ0n) is 11.7. The minimum absolute atomic E-state index is 0.0276. The van der Waals surface area contributed by atoms with Gasteiger partial charge in [-0.3, -0.25) is 18.9 Å². The van der Waals surface area contributed by atoms with E-state index in [1.807, 2.05) is 0 Å². The molecule has 1 aromatic rings. The van der Waals surface area contributed by atoms with Crippen LogP contribution in [-0.4, -0.2) is 34.8 Å². The Labute approximate surface area is 123 Å². The average Bonchev–Trinajstić information content (AvgIpc) is 2.39. The molecule has 0 unspecified atom stereocenters. The minimum Gasteiger partial charge on any atom is -0.382 e. The van der Waals surface area contributed by atoms with Crippen molar-refractivity contribution in [3.8, 4) is 5.75 Å². The van der Waals surface area contributed by atoms with Crippen LogP contribution in [0.5, 0.6) is 5.75 Å². The van der Waals surface area contributed by atoms with Gasteiger partial charge in [0.1, 0.15) is 5.75 Å². The van der Waals surface area contributed by atoms with Crippen molar-refractivity contribution in [2.75, 3.05) is 20.5 Å². The fourth-order valence-electron chi connectivity index (χ4n) is 1.43. The van der Waals surface area contributed by atoms with Gasteiger partial charge in [0.15, 0.2) is 0 Å². The second kappa shape index (κ2) is 7.04. The molecule has 1 aromatic carbocycles. The summed E-state index contributed by atoms with van der Waals surface area (Å²) in [5.41, 5.74) is 0.319. The van der Waals surface area contributed by atoms with E-state index in [1.54, 1.807) is 12.1 Å². The maximum atomic E-state index is 11.8. The van der Waals surface area contributed by atoms with E-state index in [2.05, 4.69) is 14.1 Å². The molecule has 0 aliphatic heterocycles. The van der Waals surface area contributed by atoms with Crippen LogP contribution in [0, 0.1) is 0 Å². The molecule has 0 bridgehead atoms. The second-order valence-corrected chi connectivity index (χ2v) is 7.49. The van der Waals surface area contributed by atoms with Gasteiger partial charge in [-0.25, -0.2) is 4.57 Å². The van der Waals surface area contributed by atoms with Crippen LogP contribution in [0.1, 0.15) is 5.56 Å². The number of para-hydroxylation sites is 1. The standard InChI is InChI=1S/C11H16NO7PS/c1-17-20(14,18-2)12-11(13)8-9-6-4-5-7-10(9)19-21(3,15)16/h4-7H,8H2,1-3H3,(H,12,13,14). The summed E-state index contributed by atoms with van der Waals surface area (Å²) in [6.07, 6.45) is 0.649. The fourth-order valence-corrected chi connectivity index (χ4v) is 2.63. The Hall–Kier alpha value is -1.41. The first-order valence-corrected chi connectivity index (χ1v) is 9.05. The van der Waals surface area contributed by atoms with E-state index in [0.717, 1.165) is 20.5 Å². The van der Waals surface area contributed by atoms with Gasteiger partial charge in [-0.2, -0.15) is 8.42 Å². The number of hydrogen-bond donors (Lipinski definition) is 1. The topological polar surface area (TPSA) is 108 Å². The second-order valence-electron chi connectivity index (χ2n) is 3.97. The molecule has 0 fully saturated rings. The number of carbonyl (C=O) groups is 1. The smallest absolute Gasteiger partial charge is 0.382 e. The molecule has 0 aliphatic rings. The summed E-state index contributed by atoms with van der Waals surface area (Å²) in [6.45, 7) is 0. The van der Waals surface area contributed by atoms with E-state index < -0.39 is 23.8 Å². The van der Waals surface area contributed by atoms with Crippen LogP contribution in [0.2, 0.25) is 0 Å². The summed E-state index contributed by atoms with van der Waals surface area (Å²) >= 11 is 0. The average molecular weight is 337 g/mol. The molecule has 0 aromatic heterocycles. The lowest BCUT2D eigenvalue weighted by Gasteiger charge is -2.15. The van der Waals surface area contributed by atoms with Crippen molar-refractivity contribution in [2.45, 2.75) is 6.42 Å². The van der Waals surface area contributed by atoms with Crippen LogP contribution in [-0.2, 0) is 34.9 Å². The van der Waals surface area contributed by atoms with Crippen molar-refractivity contribution < 1.29 is 31.0 Å². The highest BCUT2D eigenvalue weighted by Gasteiger charge is 2.24. The first-order chi connectivity index (χ1) is 9.69. The zero-order chi connectivity index (χ0) is 16.1. The van der Waals surface area contributed by atoms with Crippen molar-refractivity contribution >= 4 is 23.8 Å². The molecule has 21 heavy (non-hydrogen) atoms. The number of rotatable bonds is 7. The molecule has 0 radical (unpaired) electrons. The molecule has 10 heteroatoms. The summed E-state index contributed by atoms with van der Waals surface area (Å²) in [7, 11) is -5.14. The quantitative estimate of drug-likeness (QED) is 0.586. The Kier molecular flexibility index (Phi) is 5.91. The molecule has 118 valence electrons. The van der Waals surface area contributed by atoms with Crippen molar-refractivity contribution in [3.63, 3.8) is 0 Å². The molecule has 1 N–H and O–H groups in total. The van der Waals surface area contributed by atoms with Crippen molar-refractivity contribution in [3.05, 3.63) is 29.8 Å². The Balaban J connectivity index is 2.89. The first kappa shape index (κ1) is 17.6. The van der Waals surface area contributed by atoms with Gasteiger partial charge in [0.25, 0.3) is 0 Å². The third-order valence-corrected chi connectivity index (χ3v) is 4.27. The van der Waals surface area contributed by atoms with Crippen molar-refractivity contribution in [1.29, 1.82) is 0 Å². The van der Waals surface area contributed by atoms with E-state index >= 15 is 0 Å². The number of hydrogen-bond acceptors (Lipinski definition) is 7. The summed E-state index contributed by atoms with van der Waals surface area (Å²) in [5.74, 6) is -0.633. The van der Waals surface area contributed by atoms with Gasteiger partial charge in [0, 0.05) is 19.8 Å². The lowest BCUT2D eigenvalue weighted by atomic mass is 10.1. The first-order valence-electron chi connectivity index (χ1n) is 5.69. The predicted octanol–water partition coefficient (Wildman–Crippen LogP) is 1.08. The molecule has 0 saturated heterocycles. The third kappa shape index (κ3) is 5.84. The number of carbonyl (C=O) groups excluding carboxylic acids is 1. The Morgan fingerprint density at radius 2 is 1.81 bits per heavy atom. The van der Waals surface area contributed by atoms with Gasteiger partial charge in [-0.15, -0.1) is 0 Å². The molecule has 0 spiro atoms. The van der Waals surface area contributed by atoms with Crippen LogP contribution in [0.3, 0.4) is 0 Å². The largest absolute Gasteiger partial charge is 0.434 e. The molecular weight excluding hydrogens is 321 g/mol. The molecule has 0 saturated carbocycles. The summed E-state index contributed by atoms with van der Waals surface area (Å²) in [4.78, 5) is 11.8. The number of nitrogens with one attached hydrogen (secondary N) is 1. The van der Waals surface area contributed by atoms with Crippen molar-refractivity contribution in [2.24, 2.45) is 0 Å². The van der Waals surface area contributed by atoms with Gasteiger partial charge in [0.05, 0.1) is 12.7 Å². The van der Waals surface area contributed by atoms with Crippen molar-refractivity contribution in [1.82, 2.24) is 5.09 Å². The molecule has 0 heterocycles. The van der Waals surface area contributed by atoms with Crippen LogP contribution in [0.4, 0.5) is 0 Å². The van der Waals surface area contributed by atoms with Gasteiger partial charge in [-0.05, 0) is 6.07 Å². The lowest BCUT2D eigenvalue weighted by Crippen LogP contribution is -2.24. The van der Waals surface area contributed by atoms with Gasteiger partial charge in [0.2, 0.25) is 5.91 Å². The minimum atomic E-state index is -3.72. The Morgan fingerprint density at radius 1 is 1.24 bits per heavy atom. The van der Waals surface area contributed by atoms with E-state index in [-0.39, 0.29) is 12.2 Å². The number of amides is 1. The maximum absolute atomic E-state index is 11.8.